The van der Waals surface area contributed by atoms with Crippen LogP contribution in [-0.4, -0.2) is 21.5 Å². The minimum Gasteiger partial charge on any atom is -0.469 e. The smallest absolute Gasteiger partial charge is 0.305 e. The highest BCUT2D eigenvalue weighted by Gasteiger charge is 2.22. The van der Waals surface area contributed by atoms with E-state index in [-0.39, 0.29) is 22.3 Å². The Morgan fingerprint density at radius 1 is 1.00 bits per heavy atom. The summed E-state index contributed by atoms with van der Waals surface area (Å²) in [6.07, 6.45) is 5.42. The van der Waals surface area contributed by atoms with E-state index in [1.165, 1.54) is 19.2 Å². The van der Waals surface area contributed by atoms with Gasteiger partial charge in [0, 0.05) is 12.5 Å². The van der Waals surface area contributed by atoms with E-state index in [0.29, 0.717) is 19.3 Å². The van der Waals surface area contributed by atoms with Crippen molar-refractivity contribution >= 4 is 16.0 Å². The van der Waals surface area contributed by atoms with Gasteiger partial charge in [-0.3, -0.25) is 4.79 Å². The Labute approximate surface area is 197 Å². The number of nitrogens with one attached hydrogen (secondary N) is 1. The lowest BCUT2D eigenvalue weighted by atomic mass is 9.88. The molecule has 1 unspecified atom stereocenters. The van der Waals surface area contributed by atoms with Crippen LogP contribution in [0.1, 0.15) is 76.5 Å². The van der Waals surface area contributed by atoms with Gasteiger partial charge < -0.3 is 4.74 Å². The van der Waals surface area contributed by atoms with Crippen LogP contribution in [0, 0.1) is 11.2 Å². The van der Waals surface area contributed by atoms with Crippen LogP contribution in [0.2, 0.25) is 0 Å². The molecule has 0 aromatic heterocycles. The topological polar surface area (TPSA) is 72.5 Å². The monoisotopic (exact) mass is 477 g/mol. The third-order valence-corrected chi connectivity index (χ3v) is 7.03. The summed E-state index contributed by atoms with van der Waals surface area (Å²) in [4.78, 5) is 11.3. The van der Waals surface area contributed by atoms with Gasteiger partial charge in [-0.05, 0) is 66.5 Å². The highest BCUT2D eigenvalue weighted by molar-refractivity contribution is 7.89. The fourth-order valence-corrected chi connectivity index (χ4v) is 4.88. The molecule has 0 saturated carbocycles. The molecule has 1 N–H and O–H groups in total. The molecule has 0 heterocycles. The number of unbranched alkanes of at least 4 members (excludes halogenated alkanes) is 1. The molecule has 2 aromatic carbocycles. The van der Waals surface area contributed by atoms with Crippen LogP contribution in [0.3, 0.4) is 0 Å². The summed E-state index contributed by atoms with van der Waals surface area (Å²) in [5.41, 5.74) is 2.19. The Kier molecular flexibility index (Phi) is 10.0. The van der Waals surface area contributed by atoms with Gasteiger partial charge in [0.2, 0.25) is 10.0 Å². The summed E-state index contributed by atoms with van der Waals surface area (Å²) in [5.74, 6) is -0.701. The number of hydrogen-bond acceptors (Lipinski definition) is 4. The molecular weight excluding hydrogens is 441 g/mol. The van der Waals surface area contributed by atoms with Gasteiger partial charge in [-0.2, -0.15) is 0 Å². The zero-order valence-electron chi connectivity index (χ0n) is 20.1. The SMILES string of the molecule is COC(=O)CCCc1ccc(C(CCCCC(C)(C)C)NS(=O)(=O)c2ccc(F)cc2)cc1. The molecular formula is C26H36FNO4S. The number of carbonyl (C=O) groups is 1. The van der Waals surface area contributed by atoms with Gasteiger partial charge >= 0.3 is 5.97 Å². The van der Waals surface area contributed by atoms with E-state index in [9.17, 15) is 17.6 Å². The first kappa shape index (κ1) is 27.0. The summed E-state index contributed by atoms with van der Waals surface area (Å²) in [7, 11) is -2.41. The van der Waals surface area contributed by atoms with Gasteiger partial charge in [0.05, 0.1) is 12.0 Å². The molecule has 1 atom stereocenters. The van der Waals surface area contributed by atoms with Crippen LogP contribution < -0.4 is 4.72 Å². The number of halogens is 1. The highest BCUT2D eigenvalue weighted by Crippen LogP contribution is 2.27. The molecule has 0 saturated heterocycles. The molecule has 7 heteroatoms. The maximum Gasteiger partial charge on any atom is 0.305 e. The number of ether oxygens (including phenoxy) is 1. The van der Waals surface area contributed by atoms with Crippen molar-refractivity contribution < 1.29 is 22.3 Å². The lowest BCUT2D eigenvalue weighted by Gasteiger charge is -2.22. The van der Waals surface area contributed by atoms with Gasteiger partial charge in [-0.25, -0.2) is 17.5 Å². The summed E-state index contributed by atoms with van der Waals surface area (Å²) in [6, 6.07) is 12.3. The lowest BCUT2D eigenvalue weighted by Crippen LogP contribution is -2.29. The van der Waals surface area contributed by atoms with Crippen LogP contribution in [0.15, 0.2) is 53.4 Å². The van der Waals surface area contributed by atoms with Crippen molar-refractivity contribution in [2.24, 2.45) is 5.41 Å². The number of methoxy groups -OCH3 is 1. The zero-order chi connectivity index (χ0) is 24.5. The highest BCUT2D eigenvalue weighted by atomic mass is 32.2. The average Bonchev–Trinajstić information content (AvgIpc) is 2.76. The Bertz CT molecular complexity index is 980. The normalized spacial score (nSPS) is 13.0. The number of carbonyl (C=O) groups excluding carboxylic acids is 1. The summed E-state index contributed by atoms with van der Waals surface area (Å²) < 4.78 is 46.6. The van der Waals surface area contributed by atoms with Gasteiger partial charge in [-0.1, -0.05) is 57.9 Å². The van der Waals surface area contributed by atoms with Gasteiger partial charge in [0.25, 0.3) is 0 Å². The minimum absolute atomic E-state index is 0.0445. The predicted molar refractivity (Wildman–Crippen MR) is 129 cm³/mol. The van der Waals surface area contributed by atoms with Crippen LogP contribution in [0.4, 0.5) is 4.39 Å². The van der Waals surface area contributed by atoms with Crippen molar-refractivity contribution in [2.75, 3.05) is 7.11 Å². The first-order valence-electron chi connectivity index (χ1n) is 11.4. The molecule has 5 nitrogen and oxygen atoms in total. The van der Waals surface area contributed by atoms with Gasteiger partial charge in [0.15, 0.2) is 0 Å². The van der Waals surface area contributed by atoms with Crippen molar-refractivity contribution in [1.29, 1.82) is 0 Å². The molecule has 0 aliphatic heterocycles. The molecule has 0 spiro atoms. The standard InChI is InChI=1S/C26H36FNO4S/c1-26(2,3)19-6-5-9-24(28-33(30,31)23-17-15-22(27)16-18-23)21-13-11-20(12-14-21)8-7-10-25(29)32-4/h11-18,24,28H,5-10,19H2,1-4H3. The minimum atomic E-state index is -3.79. The number of hydrogen-bond donors (Lipinski definition) is 1. The molecule has 0 bridgehead atoms. The summed E-state index contributed by atoms with van der Waals surface area (Å²) in [6.45, 7) is 6.59. The summed E-state index contributed by atoms with van der Waals surface area (Å²) in [5, 5.41) is 0. The molecule has 33 heavy (non-hydrogen) atoms. The van der Waals surface area contributed by atoms with Crippen LogP contribution >= 0.6 is 0 Å². The van der Waals surface area contributed by atoms with Crippen molar-refractivity contribution in [3.8, 4) is 0 Å². The second kappa shape index (κ2) is 12.3. The number of aryl methyl sites for hydroxylation is 1. The molecule has 0 aliphatic carbocycles. The van der Waals surface area contributed by atoms with E-state index in [1.807, 2.05) is 24.3 Å². The van der Waals surface area contributed by atoms with E-state index in [0.717, 1.165) is 48.9 Å². The second-order valence-electron chi connectivity index (χ2n) is 9.61. The maximum absolute atomic E-state index is 13.3. The molecule has 2 rings (SSSR count). The fourth-order valence-electron chi connectivity index (χ4n) is 3.62. The lowest BCUT2D eigenvalue weighted by molar-refractivity contribution is -0.140. The van der Waals surface area contributed by atoms with E-state index in [4.69, 9.17) is 0 Å². The quantitative estimate of drug-likeness (QED) is 0.303. The predicted octanol–water partition coefficient (Wildman–Crippen LogP) is 5.95. The van der Waals surface area contributed by atoms with Gasteiger partial charge in [0.1, 0.15) is 5.82 Å². The van der Waals surface area contributed by atoms with E-state index in [1.54, 1.807) is 0 Å². The third-order valence-electron chi connectivity index (χ3n) is 5.55. The van der Waals surface area contributed by atoms with E-state index >= 15 is 0 Å². The summed E-state index contributed by atoms with van der Waals surface area (Å²) >= 11 is 0. The molecule has 0 radical (unpaired) electrons. The van der Waals surface area contributed by atoms with Crippen molar-refractivity contribution in [3.05, 3.63) is 65.5 Å². The first-order chi connectivity index (χ1) is 15.5. The van der Waals surface area contributed by atoms with Crippen molar-refractivity contribution in [1.82, 2.24) is 4.72 Å². The maximum atomic E-state index is 13.3. The van der Waals surface area contributed by atoms with Crippen LogP contribution in [0.5, 0.6) is 0 Å². The largest absolute Gasteiger partial charge is 0.469 e. The molecule has 2 aromatic rings. The Morgan fingerprint density at radius 2 is 1.64 bits per heavy atom. The second-order valence-corrected chi connectivity index (χ2v) is 11.3. The number of esters is 1. The van der Waals surface area contributed by atoms with Crippen molar-refractivity contribution in [2.45, 2.75) is 76.7 Å². The molecule has 0 fully saturated rings. The third kappa shape index (κ3) is 9.64. The van der Waals surface area contributed by atoms with Gasteiger partial charge in [-0.15, -0.1) is 0 Å². The average molecular weight is 478 g/mol. The molecule has 182 valence electrons. The first-order valence-corrected chi connectivity index (χ1v) is 12.9. The fraction of sp³-hybridized carbons (Fsp3) is 0.500. The molecule has 0 aliphatic rings. The number of rotatable bonds is 12. The Balaban J connectivity index is 2.12. The molecule has 0 amide bonds. The Hall–Kier alpha value is -2.25. The van der Waals surface area contributed by atoms with Crippen molar-refractivity contribution in [3.63, 3.8) is 0 Å². The Morgan fingerprint density at radius 3 is 2.21 bits per heavy atom. The van der Waals surface area contributed by atoms with Crippen LogP contribution in [-0.2, 0) is 26.0 Å². The van der Waals surface area contributed by atoms with E-state index < -0.39 is 15.8 Å². The van der Waals surface area contributed by atoms with E-state index in [2.05, 4.69) is 30.2 Å². The zero-order valence-corrected chi connectivity index (χ0v) is 20.9. The number of sulfonamides is 1. The number of benzene rings is 2. The van der Waals surface area contributed by atoms with Crippen LogP contribution in [0.25, 0.3) is 0 Å².